The lowest BCUT2D eigenvalue weighted by atomic mass is 10.1. The summed E-state index contributed by atoms with van der Waals surface area (Å²) in [5, 5.41) is 14.2. The third-order valence-corrected chi connectivity index (χ3v) is 6.49. The number of carbonyl (C=O) groups is 1. The van der Waals surface area contributed by atoms with E-state index in [-0.39, 0.29) is 23.0 Å². The molecule has 0 spiro atoms. The van der Waals surface area contributed by atoms with Gasteiger partial charge in [0.1, 0.15) is 17.6 Å². The maximum atomic E-state index is 14.5. The van der Waals surface area contributed by atoms with Gasteiger partial charge in [0.05, 0.1) is 22.9 Å². The molecule has 2 heterocycles. The largest absolute Gasteiger partial charge is 0.593 e. The molecule has 10 heteroatoms. The normalized spacial score (nSPS) is 21.6. The van der Waals surface area contributed by atoms with Crippen LogP contribution in [-0.2, 0) is 11.4 Å². The van der Waals surface area contributed by atoms with Crippen LogP contribution < -0.4 is 10.6 Å². The standard InChI is InChI=1S/C19H19ClFN5O2S/c20-12-3-6-16(23-8-12)18(27)24-13-4-5-15(21)14(7-13)17-10-29(28)26(19(22)25-17)9-11-1-2-11/h3-8,11,17H,1-2,9-10H2,(H2,22,25)(H,24,27)/t17-,29?/m0/s1. The first-order valence-electron chi connectivity index (χ1n) is 9.14. The molecule has 1 aromatic carbocycles. The van der Waals surface area contributed by atoms with Crippen LogP contribution in [0, 0.1) is 17.1 Å². The van der Waals surface area contributed by atoms with Gasteiger partial charge in [0, 0.05) is 17.4 Å². The Balaban J connectivity index is 1.48. The Labute approximate surface area is 175 Å². The van der Waals surface area contributed by atoms with Crippen molar-refractivity contribution in [2.45, 2.75) is 18.9 Å². The van der Waals surface area contributed by atoms with Gasteiger partial charge in [-0.15, -0.1) is 0 Å². The second-order valence-electron chi connectivity index (χ2n) is 7.09. The van der Waals surface area contributed by atoms with Gasteiger partial charge < -0.3 is 15.2 Å². The number of hydrogen-bond donors (Lipinski definition) is 3. The van der Waals surface area contributed by atoms with Crippen molar-refractivity contribution in [2.24, 2.45) is 5.92 Å². The number of halogens is 2. The highest BCUT2D eigenvalue weighted by Gasteiger charge is 2.39. The number of aromatic nitrogens is 1. The molecular weight excluding hydrogens is 417 g/mol. The Bertz CT molecular complexity index is 941. The highest BCUT2D eigenvalue weighted by molar-refractivity contribution is 7.89. The molecule has 2 fully saturated rings. The van der Waals surface area contributed by atoms with Crippen molar-refractivity contribution in [2.75, 3.05) is 17.6 Å². The number of carbonyl (C=O) groups excluding carboxylic acids is 1. The summed E-state index contributed by atoms with van der Waals surface area (Å²) in [6, 6.07) is 6.59. The van der Waals surface area contributed by atoms with E-state index in [4.69, 9.17) is 17.0 Å². The summed E-state index contributed by atoms with van der Waals surface area (Å²) in [4.78, 5) is 16.3. The molecule has 1 saturated heterocycles. The SMILES string of the molecule is N=C1N[C@H](c2cc(NC(=O)c3ccc(Cl)cn3)ccc2F)C[S+]([O-])N1CC1CC1. The first-order chi connectivity index (χ1) is 13.9. The molecule has 2 atom stereocenters. The zero-order valence-electron chi connectivity index (χ0n) is 15.3. The van der Waals surface area contributed by atoms with Crippen LogP contribution in [0.4, 0.5) is 10.1 Å². The molecule has 1 saturated carbocycles. The number of nitrogens with zero attached hydrogens (tertiary/aromatic N) is 2. The molecular formula is C19H19ClFN5O2S. The minimum atomic E-state index is -1.41. The zero-order valence-corrected chi connectivity index (χ0v) is 16.9. The van der Waals surface area contributed by atoms with Gasteiger partial charge in [-0.25, -0.2) is 9.37 Å². The predicted molar refractivity (Wildman–Crippen MR) is 110 cm³/mol. The lowest BCUT2D eigenvalue weighted by Gasteiger charge is -2.35. The number of guanidine groups is 1. The summed E-state index contributed by atoms with van der Waals surface area (Å²) in [5.41, 5.74) is 0.799. The molecule has 29 heavy (non-hydrogen) atoms. The topological polar surface area (TPSA) is 104 Å². The minimum Gasteiger partial charge on any atom is -0.593 e. The molecule has 1 amide bonds. The van der Waals surface area contributed by atoms with E-state index in [1.54, 1.807) is 6.07 Å². The van der Waals surface area contributed by atoms with E-state index < -0.39 is 29.1 Å². The molecule has 3 N–H and O–H groups in total. The number of amides is 1. The molecule has 0 radical (unpaired) electrons. The van der Waals surface area contributed by atoms with Crippen molar-refractivity contribution in [3.8, 4) is 0 Å². The van der Waals surface area contributed by atoms with Crippen LogP contribution in [0.3, 0.4) is 0 Å². The van der Waals surface area contributed by atoms with E-state index in [9.17, 15) is 13.7 Å². The number of nitrogens with one attached hydrogen (secondary N) is 3. The maximum Gasteiger partial charge on any atom is 0.274 e. The quantitative estimate of drug-likeness (QED) is 0.626. The van der Waals surface area contributed by atoms with Crippen molar-refractivity contribution >= 4 is 40.5 Å². The Kier molecular flexibility index (Phi) is 5.62. The average Bonchev–Trinajstić information content (AvgIpc) is 3.51. The van der Waals surface area contributed by atoms with Crippen LogP contribution in [0.5, 0.6) is 0 Å². The van der Waals surface area contributed by atoms with Crippen LogP contribution >= 0.6 is 11.6 Å². The molecule has 2 aromatic rings. The average molecular weight is 436 g/mol. The summed E-state index contributed by atoms with van der Waals surface area (Å²) in [7, 11) is 0. The van der Waals surface area contributed by atoms with E-state index in [0.717, 1.165) is 12.8 Å². The highest BCUT2D eigenvalue weighted by Crippen LogP contribution is 2.33. The fraction of sp³-hybridized carbons (Fsp3) is 0.316. The molecule has 4 rings (SSSR count). The van der Waals surface area contributed by atoms with Crippen LogP contribution in [0.15, 0.2) is 36.5 Å². The number of pyridine rings is 1. The summed E-state index contributed by atoms with van der Waals surface area (Å²) < 4.78 is 28.6. The number of rotatable bonds is 5. The van der Waals surface area contributed by atoms with Crippen LogP contribution in [0.25, 0.3) is 0 Å². The Morgan fingerprint density at radius 3 is 2.86 bits per heavy atom. The monoisotopic (exact) mass is 435 g/mol. The van der Waals surface area contributed by atoms with Crippen LogP contribution in [0.1, 0.15) is 34.9 Å². The second-order valence-corrected chi connectivity index (χ2v) is 8.94. The van der Waals surface area contributed by atoms with Crippen molar-refractivity contribution in [1.29, 1.82) is 5.41 Å². The molecule has 7 nitrogen and oxygen atoms in total. The number of hydrogen-bond acceptors (Lipinski definition) is 4. The van der Waals surface area contributed by atoms with Gasteiger partial charge in [-0.2, -0.15) is 4.31 Å². The van der Waals surface area contributed by atoms with Gasteiger partial charge in [-0.1, -0.05) is 11.6 Å². The minimum absolute atomic E-state index is 0.0330. The molecule has 152 valence electrons. The molecule has 1 aromatic heterocycles. The van der Waals surface area contributed by atoms with Gasteiger partial charge in [0.2, 0.25) is 5.96 Å². The van der Waals surface area contributed by atoms with Crippen molar-refractivity contribution < 1.29 is 13.7 Å². The number of anilines is 1. The van der Waals surface area contributed by atoms with E-state index >= 15 is 0 Å². The van der Waals surface area contributed by atoms with Crippen molar-refractivity contribution in [1.82, 2.24) is 14.6 Å². The lowest BCUT2D eigenvalue weighted by molar-refractivity contribution is 0.102. The third-order valence-electron chi connectivity index (χ3n) is 4.83. The smallest absolute Gasteiger partial charge is 0.274 e. The molecule has 0 bridgehead atoms. The summed E-state index contributed by atoms with van der Waals surface area (Å²) in [5.74, 6) is -0.282. The second kappa shape index (κ2) is 8.17. The fourth-order valence-corrected chi connectivity index (χ4v) is 4.56. The van der Waals surface area contributed by atoms with Gasteiger partial charge >= 0.3 is 0 Å². The fourth-order valence-electron chi connectivity index (χ4n) is 3.08. The first kappa shape index (κ1) is 19.9. The Hall–Kier alpha value is -2.36. The predicted octanol–water partition coefficient (Wildman–Crippen LogP) is 3.08. The van der Waals surface area contributed by atoms with Gasteiger partial charge in [0.25, 0.3) is 5.91 Å². The zero-order chi connectivity index (χ0) is 20.5. The van der Waals surface area contributed by atoms with Crippen LogP contribution in [-0.4, -0.2) is 38.0 Å². The summed E-state index contributed by atoms with van der Waals surface area (Å²) in [6.45, 7) is 0.581. The van der Waals surface area contributed by atoms with Crippen LogP contribution in [0.2, 0.25) is 5.02 Å². The maximum absolute atomic E-state index is 14.5. The first-order valence-corrected chi connectivity index (χ1v) is 10.8. The summed E-state index contributed by atoms with van der Waals surface area (Å²) in [6.07, 6.45) is 3.54. The van der Waals surface area contributed by atoms with E-state index in [1.165, 1.54) is 34.8 Å². The van der Waals surface area contributed by atoms with Crippen molar-refractivity contribution in [3.05, 3.63) is 58.6 Å². The Morgan fingerprint density at radius 1 is 1.41 bits per heavy atom. The van der Waals surface area contributed by atoms with Gasteiger partial charge in [0.15, 0.2) is 5.75 Å². The summed E-state index contributed by atoms with van der Waals surface area (Å²) >= 11 is 4.37. The van der Waals surface area contributed by atoms with E-state index in [1.807, 2.05) is 0 Å². The van der Waals surface area contributed by atoms with E-state index in [2.05, 4.69) is 15.6 Å². The van der Waals surface area contributed by atoms with E-state index in [0.29, 0.717) is 23.2 Å². The molecule has 1 unspecified atom stereocenters. The molecule has 1 aliphatic carbocycles. The molecule has 2 aliphatic rings. The number of benzene rings is 1. The highest BCUT2D eigenvalue weighted by atomic mass is 35.5. The lowest BCUT2D eigenvalue weighted by Crippen LogP contribution is -2.54. The Morgan fingerprint density at radius 2 is 2.21 bits per heavy atom. The third kappa shape index (κ3) is 4.63. The van der Waals surface area contributed by atoms with Crippen molar-refractivity contribution in [3.63, 3.8) is 0 Å². The molecule has 1 aliphatic heterocycles. The van der Waals surface area contributed by atoms with Gasteiger partial charge in [-0.05, 0) is 49.1 Å². The van der Waals surface area contributed by atoms with Gasteiger partial charge in [-0.3, -0.25) is 10.2 Å².